The lowest BCUT2D eigenvalue weighted by molar-refractivity contribution is -0.117. The van der Waals surface area contributed by atoms with Crippen LogP contribution in [-0.4, -0.2) is 18.9 Å². The van der Waals surface area contributed by atoms with Gasteiger partial charge in [0.15, 0.2) is 0 Å². The summed E-state index contributed by atoms with van der Waals surface area (Å²) in [5, 5.41) is 5.69. The highest BCUT2D eigenvalue weighted by Crippen LogP contribution is 2.34. The third kappa shape index (κ3) is 3.18. The summed E-state index contributed by atoms with van der Waals surface area (Å²) in [5.74, 6) is 0.462. The first-order valence-corrected chi connectivity index (χ1v) is 7.44. The zero-order chi connectivity index (χ0) is 16.4. The van der Waals surface area contributed by atoms with Gasteiger partial charge in [-0.05, 0) is 48.4 Å². The summed E-state index contributed by atoms with van der Waals surface area (Å²) < 4.78 is 5.10. The van der Waals surface area contributed by atoms with Gasteiger partial charge in [0.05, 0.1) is 19.4 Å². The van der Waals surface area contributed by atoms with E-state index in [1.807, 2.05) is 43.3 Å². The van der Waals surface area contributed by atoms with Crippen molar-refractivity contribution in [2.24, 2.45) is 0 Å². The fourth-order valence-electron chi connectivity index (χ4n) is 2.63. The molecule has 23 heavy (non-hydrogen) atoms. The minimum absolute atomic E-state index is 0.0123. The molecule has 1 aliphatic rings. The Bertz CT molecular complexity index is 753. The van der Waals surface area contributed by atoms with Gasteiger partial charge in [0.1, 0.15) is 5.75 Å². The lowest BCUT2D eigenvalue weighted by atomic mass is 10.0. The number of hydrogen-bond donors (Lipinski definition) is 2. The number of methoxy groups -OCH3 is 1. The Hall–Kier alpha value is -2.82. The van der Waals surface area contributed by atoms with E-state index in [1.165, 1.54) is 0 Å². The molecular formula is C18H18N2O3. The summed E-state index contributed by atoms with van der Waals surface area (Å²) in [6.07, 6.45) is 0.286. The molecule has 1 heterocycles. The Balaban J connectivity index is 1.67. The molecular weight excluding hydrogens is 292 g/mol. The molecule has 2 aromatic rings. The second-order valence-corrected chi connectivity index (χ2v) is 5.59. The number of carbonyl (C=O) groups is 2. The summed E-state index contributed by atoms with van der Waals surface area (Å²) in [5.41, 5.74) is 3.34. The molecule has 0 aliphatic carbocycles. The van der Waals surface area contributed by atoms with E-state index in [-0.39, 0.29) is 24.2 Å². The van der Waals surface area contributed by atoms with Gasteiger partial charge in [-0.15, -0.1) is 0 Å². The Morgan fingerprint density at radius 2 is 1.96 bits per heavy atom. The maximum Gasteiger partial charge on any atom is 0.231 e. The number of carbonyl (C=O) groups excluding carboxylic acids is 2. The third-order valence-electron chi connectivity index (χ3n) is 3.98. The number of hydrogen-bond acceptors (Lipinski definition) is 3. The van der Waals surface area contributed by atoms with Gasteiger partial charge in [0.25, 0.3) is 0 Å². The van der Waals surface area contributed by atoms with Crippen molar-refractivity contribution in [2.75, 3.05) is 17.7 Å². The molecule has 0 radical (unpaired) electrons. The van der Waals surface area contributed by atoms with Crippen molar-refractivity contribution in [3.8, 4) is 5.75 Å². The van der Waals surface area contributed by atoms with Crippen LogP contribution in [0.15, 0.2) is 42.5 Å². The Morgan fingerprint density at radius 1 is 1.22 bits per heavy atom. The molecule has 0 saturated carbocycles. The molecule has 1 unspecified atom stereocenters. The van der Waals surface area contributed by atoms with E-state index < -0.39 is 0 Å². The molecule has 3 rings (SSSR count). The van der Waals surface area contributed by atoms with E-state index in [1.54, 1.807) is 13.2 Å². The van der Waals surface area contributed by atoms with Crippen LogP contribution in [0.1, 0.15) is 24.0 Å². The molecule has 0 spiro atoms. The first kappa shape index (κ1) is 15.1. The molecule has 1 aliphatic heterocycles. The van der Waals surface area contributed by atoms with Crippen LogP contribution >= 0.6 is 0 Å². The van der Waals surface area contributed by atoms with Crippen molar-refractivity contribution >= 4 is 23.2 Å². The number of benzene rings is 2. The van der Waals surface area contributed by atoms with Gasteiger partial charge in [-0.25, -0.2) is 0 Å². The Kier molecular flexibility index (Phi) is 4.02. The summed E-state index contributed by atoms with van der Waals surface area (Å²) in [4.78, 5) is 23.8. The van der Waals surface area contributed by atoms with Crippen LogP contribution in [0.25, 0.3) is 0 Å². The van der Waals surface area contributed by atoms with Gasteiger partial charge in [0.2, 0.25) is 11.8 Å². The quantitative estimate of drug-likeness (QED) is 0.912. The normalized spacial score (nSPS) is 15.7. The predicted molar refractivity (Wildman–Crippen MR) is 88.8 cm³/mol. The number of fused-ring (bicyclic) bond motifs is 1. The first-order chi connectivity index (χ1) is 11.1. The van der Waals surface area contributed by atoms with E-state index in [0.717, 1.165) is 22.6 Å². The highest BCUT2D eigenvalue weighted by molar-refractivity contribution is 6.03. The average Bonchev–Trinajstić information content (AvgIpc) is 2.83. The smallest absolute Gasteiger partial charge is 0.231 e. The molecule has 1 atom stereocenters. The highest BCUT2D eigenvalue weighted by Gasteiger charge is 2.26. The Labute approximate surface area is 134 Å². The first-order valence-electron chi connectivity index (χ1n) is 7.44. The van der Waals surface area contributed by atoms with Gasteiger partial charge < -0.3 is 15.4 Å². The van der Waals surface area contributed by atoms with Gasteiger partial charge in [0, 0.05) is 11.4 Å². The molecule has 2 aromatic carbocycles. The fourth-order valence-corrected chi connectivity index (χ4v) is 2.63. The van der Waals surface area contributed by atoms with Crippen LogP contribution in [0.4, 0.5) is 11.4 Å². The molecule has 2 N–H and O–H groups in total. The second kappa shape index (κ2) is 6.12. The zero-order valence-electron chi connectivity index (χ0n) is 13.1. The molecule has 5 nitrogen and oxygen atoms in total. The maximum atomic E-state index is 12.2. The van der Waals surface area contributed by atoms with E-state index >= 15 is 0 Å². The second-order valence-electron chi connectivity index (χ2n) is 5.59. The minimum atomic E-state index is -0.191. The number of amides is 2. The van der Waals surface area contributed by atoms with E-state index in [0.29, 0.717) is 5.69 Å². The fraction of sp³-hybridized carbons (Fsp3) is 0.222. The minimum Gasteiger partial charge on any atom is -0.497 e. The van der Waals surface area contributed by atoms with Gasteiger partial charge in [-0.3, -0.25) is 9.59 Å². The molecule has 0 aromatic heterocycles. The van der Waals surface area contributed by atoms with Crippen molar-refractivity contribution in [3.05, 3.63) is 53.6 Å². The lowest BCUT2D eigenvalue weighted by Gasteiger charge is -2.08. The van der Waals surface area contributed by atoms with Crippen LogP contribution in [0.2, 0.25) is 0 Å². The highest BCUT2D eigenvalue weighted by atomic mass is 16.5. The molecule has 0 bridgehead atoms. The predicted octanol–water partition coefficient (Wildman–Crippen LogP) is 2.93. The van der Waals surface area contributed by atoms with Crippen molar-refractivity contribution < 1.29 is 14.3 Å². The molecule has 118 valence electrons. The van der Waals surface area contributed by atoms with Gasteiger partial charge in [-0.2, -0.15) is 0 Å². The topological polar surface area (TPSA) is 67.4 Å². The lowest BCUT2D eigenvalue weighted by Crippen LogP contribution is -2.14. The number of nitrogens with one attached hydrogen (secondary N) is 2. The number of rotatable bonds is 4. The van der Waals surface area contributed by atoms with Gasteiger partial charge in [-0.1, -0.05) is 12.1 Å². The largest absolute Gasteiger partial charge is 0.497 e. The van der Waals surface area contributed by atoms with Crippen LogP contribution in [0.3, 0.4) is 0 Å². The summed E-state index contributed by atoms with van der Waals surface area (Å²) >= 11 is 0. The summed E-state index contributed by atoms with van der Waals surface area (Å²) in [7, 11) is 1.61. The van der Waals surface area contributed by atoms with Crippen molar-refractivity contribution in [3.63, 3.8) is 0 Å². The van der Waals surface area contributed by atoms with Crippen molar-refractivity contribution in [1.82, 2.24) is 0 Å². The monoisotopic (exact) mass is 310 g/mol. The van der Waals surface area contributed by atoms with Crippen molar-refractivity contribution in [2.45, 2.75) is 19.3 Å². The standard InChI is InChI=1S/C18H18N2O3/c1-11-15-10-13(5-8-16(15)20-18(11)22)19-17(21)9-12-3-6-14(23-2)7-4-12/h3-8,10-11H,9H2,1-2H3,(H,19,21)(H,20,22). The average molecular weight is 310 g/mol. The maximum absolute atomic E-state index is 12.2. The molecule has 5 heteroatoms. The third-order valence-corrected chi connectivity index (χ3v) is 3.98. The molecule has 0 fully saturated rings. The molecule has 2 amide bonds. The van der Waals surface area contributed by atoms with Crippen LogP contribution in [0, 0.1) is 0 Å². The number of ether oxygens (including phenoxy) is 1. The Morgan fingerprint density at radius 3 is 2.65 bits per heavy atom. The number of anilines is 2. The van der Waals surface area contributed by atoms with E-state index in [4.69, 9.17) is 4.74 Å². The van der Waals surface area contributed by atoms with Gasteiger partial charge >= 0.3 is 0 Å². The van der Waals surface area contributed by atoms with E-state index in [2.05, 4.69) is 10.6 Å². The SMILES string of the molecule is COc1ccc(CC(=O)Nc2ccc3c(c2)C(C)C(=O)N3)cc1. The zero-order valence-corrected chi connectivity index (χ0v) is 13.1. The van der Waals surface area contributed by atoms with E-state index in [9.17, 15) is 9.59 Å². The van der Waals surface area contributed by atoms with Crippen molar-refractivity contribution in [1.29, 1.82) is 0 Å². The van der Waals surface area contributed by atoms with Crippen LogP contribution < -0.4 is 15.4 Å². The molecule has 0 saturated heterocycles. The van der Waals surface area contributed by atoms with Crippen LogP contribution in [0.5, 0.6) is 5.75 Å². The summed E-state index contributed by atoms with van der Waals surface area (Å²) in [6, 6.07) is 12.9. The summed E-state index contributed by atoms with van der Waals surface area (Å²) in [6.45, 7) is 1.85. The van der Waals surface area contributed by atoms with Crippen LogP contribution in [-0.2, 0) is 16.0 Å².